The third-order valence-electron chi connectivity index (χ3n) is 3.82. The van der Waals surface area contributed by atoms with Gasteiger partial charge in [0, 0.05) is 0 Å². The Bertz CT molecular complexity index is 384. The van der Waals surface area contributed by atoms with E-state index in [1.54, 1.807) is 0 Å². The normalized spacial score (nSPS) is 31.0. The maximum Gasteiger partial charge on any atom is 0.177 e. The topological polar surface area (TPSA) is 27.7 Å². The van der Waals surface area contributed by atoms with Crippen LogP contribution in [0, 0.1) is 0 Å². The number of rotatable bonds is 6. The van der Waals surface area contributed by atoms with Crippen LogP contribution in [-0.4, -0.2) is 31.7 Å². The molecule has 3 nitrogen and oxygen atoms in total. The molecule has 0 N–H and O–H groups in total. The van der Waals surface area contributed by atoms with Crippen LogP contribution < -0.4 is 0 Å². The first-order valence-electron chi connectivity index (χ1n) is 8.11. The molecule has 0 aliphatic carbocycles. The van der Waals surface area contributed by atoms with Crippen molar-refractivity contribution in [2.24, 2.45) is 0 Å². The van der Waals surface area contributed by atoms with Gasteiger partial charge in [-0.2, -0.15) is 0 Å². The average molecular weight is 292 g/mol. The minimum absolute atomic E-state index is 0.144. The maximum absolute atomic E-state index is 5.66. The molecule has 0 saturated carbocycles. The van der Waals surface area contributed by atoms with Gasteiger partial charge in [0.05, 0.1) is 25.4 Å². The molecule has 2 heterocycles. The van der Waals surface area contributed by atoms with Crippen molar-refractivity contribution in [3.05, 3.63) is 36.0 Å². The molecule has 0 bridgehead atoms. The third kappa shape index (κ3) is 6.60. The summed E-state index contributed by atoms with van der Waals surface area (Å²) >= 11 is 0. The van der Waals surface area contributed by atoms with Gasteiger partial charge in [-0.25, -0.2) is 0 Å². The van der Waals surface area contributed by atoms with Crippen molar-refractivity contribution in [2.45, 2.75) is 64.4 Å². The van der Waals surface area contributed by atoms with E-state index in [1.807, 2.05) is 6.08 Å². The Hall–Kier alpha value is -0.900. The molecule has 3 unspecified atom stereocenters. The molecule has 2 aliphatic heterocycles. The van der Waals surface area contributed by atoms with Crippen LogP contribution in [0.5, 0.6) is 0 Å². The predicted octanol–water partition coefficient (Wildman–Crippen LogP) is 4.16. The highest BCUT2D eigenvalue weighted by Crippen LogP contribution is 2.15. The molecule has 0 radical (unpaired) electrons. The summed E-state index contributed by atoms with van der Waals surface area (Å²) in [5, 5.41) is 0. The van der Waals surface area contributed by atoms with Gasteiger partial charge in [-0.05, 0) is 52.0 Å². The lowest BCUT2D eigenvalue weighted by Gasteiger charge is -2.25. The van der Waals surface area contributed by atoms with Gasteiger partial charge in [-0.3, -0.25) is 0 Å². The molecule has 0 aromatic rings. The maximum atomic E-state index is 5.66. The lowest BCUT2D eigenvalue weighted by atomic mass is 10.1. The highest BCUT2D eigenvalue weighted by Gasteiger charge is 2.16. The quantitative estimate of drug-likeness (QED) is 0.543. The Balaban J connectivity index is 1.54. The molecular weight excluding hydrogens is 264 g/mol. The fourth-order valence-corrected chi connectivity index (χ4v) is 2.49. The lowest BCUT2D eigenvalue weighted by molar-refractivity contribution is -0.181. The van der Waals surface area contributed by atoms with Crippen LogP contribution in [0.25, 0.3) is 0 Å². The van der Waals surface area contributed by atoms with Gasteiger partial charge in [0.25, 0.3) is 0 Å². The lowest BCUT2D eigenvalue weighted by Crippen LogP contribution is -2.28. The summed E-state index contributed by atoms with van der Waals surface area (Å²) in [5.41, 5.74) is 1.43. The Morgan fingerprint density at radius 1 is 1.19 bits per heavy atom. The van der Waals surface area contributed by atoms with Crippen LogP contribution in [0.4, 0.5) is 0 Å². The van der Waals surface area contributed by atoms with E-state index >= 15 is 0 Å². The van der Waals surface area contributed by atoms with Crippen LogP contribution in [0.3, 0.4) is 0 Å². The van der Waals surface area contributed by atoms with Gasteiger partial charge in [-0.1, -0.05) is 29.9 Å². The summed E-state index contributed by atoms with van der Waals surface area (Å²) in [5.74, 6) is 0. The molecule has 118 valence electrons. The van der Waals surface area contributed by atoms with Gasteiger partial charge in [0.2, 0.25) is 0 Å². The van der Waals surface area contributed by atoms with Gasteiger partial charge >= 0.3 is 0 Å². The average Bonchev–Trinajstić information content (AvgIpc) is 2.46. The molecule has 1 saturated heterocycles. The van der Waals surface area contributed by atoms with Gasteiger partial charge in [0.1, 0.15) is 0 Å². The first-order chi connectivity index (χ1) is 10.2. The number of hydrogen-bond acceptors (Lipinski definition) is 3. The van der Waals surface area contributed by atoms with Crippen molar-refractivity contribution in [2.75, 3.05) is 13.2 Å². The minimum Gasteiger partial charge on any atom is -0.370 e. The highest BCUT2D eigenvalue weighted by molar-refractivity contribution is 5.07. The zero-order chi connectivity index (χ0) is 14.9. The second-order valence-electron chi connectivity index (χ2n) is 5.89. The molecule has 21 heavy (non-hydrogen) atoms. The van der Waals surface area contributed by atoms with E-state index in [0.29, 0.717) is 6.10 Å². The standard InChI is InChI=1S/C18H28O3/c1-15-10-12-19-17(14-15)8-6-4-3-5-7-9-18-20-13-11-16(2)21-18/h6-10,16-18H,3-5,11-14H2,1-2H3/b8-6+,9-7+. The van der Waals surface area contributed by atoms with Crippen LogP contribution in [0.15, 0.2) is 36.0 Å². The number of hydrogen-bond donors (Lipinski definition) is 0. The fourth-order valence-electron chi connectivity index (χ4n) is 2.49. The van der Waals surface area contributed by atoms with E-state index in [4.69, 9.17) is 14.2 Å². The summed E-state index contributed by atoms with van der Waals surface area (Å²) in [6, 6.07) is 0. The van der Waals surface area contributed by atoms with Crippen LogP contribution in [0.1, 0.15) is 46.0 Å². The van der Waals surface area contributed by atoms with Gasteiger partial charge in [-0.15, -0.1) is 0 Å². The third-order valence-corrected chi connectivity index (χ3v) is 3.82. The number of ether oxygens (including phenoxy) is 3. The first kappa shape index (κ1) is 16.5. The zero-order valence-electron chi connectivity index (χ0n) is 13.3. The minimum atomic E-state index is -0.144. The molecule has 0 amide bonds. The second kappa shape index (κ2) is 9.19. The Morgan fingerprint density at radius 3 is 2.76 bits per heavy atom. The van der Waals surface area contributed by atoms with Crippen LogP contribution in [0.2, 0.25) is 0 Å². The first-order valence-corrected chi connectivity index (χ1v) is 8.11. The van der Waals surface area contributed by atoms with E-state index in [-0.39, 0.29) is 12.4 Å². The summed E-state index contributed by atoms with van der Waals surface area (Å²) in [7, 11) is 0. The van der Waals surface area contributed by atoms with Gasteiger partial charge < -0.3 is 14.2 Å². The molecule has 0 aromatic heterocycles. The van der Waals surface area contributed by atoms with Gasteiger partial charge in [0.15, 0.2) is 6.29 Å². The Kier molecular flexibility index (Phi) is 7.20. The van der Waals surface area contributed by atoms with E-state index < -0.39 is 0 Å². The van der Waals surface area contributed by atoms with E-state index in [1.165, 1.54) is 5.57 Å². The molecule has 3 heteroatoms. The fraction of sp³-hybridized carbons (Fsp3) is 0.667. The summed E-state index contributed by atoms with van der Waals surface area (Å²) in [4.78, 5) is 0. The number of unbranched alkanes of at least 4 members (excludes halogenated alkanes) is 2. The summed E-state index contributed by atoms with van der Waals surface area (Å²) in [6.07, 6.45) is 16.6. The van der Waals surface area contributed by atoms with Crippen molar-refractivity contribution in [1.82, 2.24) is 0 Å². The largest absolute Gasteiger partial charge is 0.370 e. The molecule has 0 spiro atoms. The highest BCUT2D eigenvalue weighted by atomic mass is 16.7. The number of allylic oxidation sites excluding steroid dienone is 2. The Morgan fingerprint density at radius 2 is 2.00 bits per heavy atom. The van der Waals surface area contributed by atoms with E-state index in [0.717, 1.165) is 45.3 Å². The molecular formula is C18H28O3. The van der Waals surface area contributed by atoms with Crippen molar-refractivity contribution in [3.63, 3.8) is 0 Å². The monoisotopic (exact) mass is 292 g/mol. The Labute approximate surface area is 128 Å². The molecule has 1 fully saturated rings. The van der Waals surface area contributed by atoms with Crippen molar-refractivity contribution in [1.29, 1.82) is 0 Å². The molecule has 2 rings (SSSR count). The predicted molar refractivity (Wildman–Crippen MR) is 85.1 cm³/mol. The summed E-state index contributed by atoms with van der Waals surface area (Å²) in [6.45, 7) is 5.82. The van der Waals surface area contributed by atoms with Crippen molar-refractivity contribution in [3.8, 4) is 0 Å². The van der Waals surface area contributed by atoms with Crippen molar-refractivity contribution < 1.29 is 14.2 Å². The van der Waals surface area contributed by atoms with Crippen LogP contribution in [-0.2, 0) is 14.2 Å². The molecule has 2 aliphatic rings. The SMILES string of the molecule is CC1=CCOC(/C=C/CCC/C=C/C2OCCC(C)O2)C1. The van der Waals surface area contributed by atoms with Crippen LogP contribution >= 0.6 is 0 Å². The van der Waals surface area contributed by atoms with E-state index in [9.17, 15) is 0 Å². The van der Waals surface area contributed by atoms with Crippen molar-refractivity contribution >= 4 is 0 Å². The smallest absolute Gasteiger partial charge is 0.177 e. The van der Waals surface area contributed by atoms with E-state index in [2.05, 4.69) is 38.2 Å². The molecule has 0 aromatic carbocycles. The zero-order valence-corrected chi connectivity index (χ0v) is 13.3. The molecule has 3 atom stereocenters. The second-order valence-corrected chi connectivity index (χ2v) is 5.89. The summed E-state index contributed by atoms with van der Waals surface area (Å²) < 4.78 is 16.8.